The van der Waals surface area contributed by atoms with Gasteiger partial charge < -0.3 is 24.7 Å². The average molecular weight is 478 g/mol. The monoisotopic (exact) mass is 477 g/mol. The topological polar surface area (TPSA) is 148 Å². The van der Waals surface area contributed by atoms with E-state index in [0.717, 1.165) is 0 Å². The number of benzene rings is 1. The number of ketones is 1. The number of esters is 4. The number of hydrogen-bond donors (Lipinski definition) is 1. The van der Waals surface area contributed by atoms with Crippen molar-refractivity contribution >= 4 is 29.7 Å². The zero-order valence-electron chi connectivity index (χ0n) is 19.7. The maximum Gasteiger partial charge on any atom is 0.348 e. The highest BCUT2D eigenvalue weighted by Gasteiger charge is 2.37. The van der Waals surface area contributed by atoms with E-state index in [4.69, 9.17) is 24.7 Å². The summed E-state index contributed by atoms with van der Waals surface area (Å²) in [6.07, 6.45) is -5.44. The third-order valence-electron chi connectivity index (χ3n) is 5.56. The predicted octanol–water partition coefficient (Wildman–Crippen LogP) is 1.26. The largest absolute Gasteiger partial charge is 0.458 e. The van der Waals surface area contributed by atoms with E-state index in [1.807, 2.05) is 0 Å². The van der Waals surface area contributed by atoms with E-state index in [0.29, 0.717) is 12.0 Å². The van der Waals surface area contributed by atoms with Crippen LogP contribution in [0.4, 0.5) is 0 Å². The highest BCUT2D eigenvalue weighted by Crippen LogP contribution is 2.18. The lowest BCUT2D eigenvalue weighted by Crippen LogP contribution is -2.47. The summed E-state index contributed by atoms with van der Waals surface area (Å²) in [6, 6.07) is 7.33. The molecule has 1 fully saturated rings. The molecule has 0 bridgehead atoms. The number of rotatable bonds is 4. The molecule has 10 nitrogen and oxygen atoms in total. The molecule has 2 rings (SSSR count). The van der Waals surface area contributed by atoms with Gasteiger partial charge in [0.15, 0.2) is 18.0 Å². The lowest BCUT2D eigenvalue weighted by Gasteiger charge is -2.25. The Balaban J connectivity index is 2.36. The van der Waals surface area contributed by atoms with Crippen molar-refractivity contribution in [3.05, 3.63) is 35.9 Å². The van der Waals surface area contributed by atoms with Crippen LogP contribution in [-0.2, 0) is 49.3 Å². The van der Waals surface area contributed by atoms with Crippen molar-refractivity contribution in [1.29, 1.82) is 0 Å². The first kappa shape index (κ1) is 27.0. The number of cyclic esters (lactones) is 4. The van der Waals surface area contributed by atoms with Gasteiger partial charge in [-0.1, -0.05) is 44.2 Å². The molecule has 1 aliphatic heterocycles. The van der Waals surface area contributed by atoms with Gasteiger partial charge in [0.2, 0.25) is 6.10 Å². The van der Waals surface area contributed by atoms with Gasteiger partial charge in [0.05, 0.1) is 0 Å². The van der Waals surface area contributed by atoms with Gasteiger partial charge in [0.1, 0.15) is 18.6 Å². The van der Waals surface area contributed by atoms with Gasteiger partial charge in [-0.2, -0.15) is 0 Å². The molecule has 0 aliphatic carbocycles. The van der Waals surface area contributed by atoms with Gasteiger partial charge in [-0.05, 0) is 25.8 Å². The Morgan fingerprint density at radius 1 is 0.912 bits per heavy atom. The van der Waals surface area contributed by atoms with E-state index in [9.17, 15) is 24.0 Å². The summed E-state index contributed by atoms with van der Waals surface area (Å²) < 4.78 is 20.9. The third-order valence-corrected chi connectivity index (χ3v) is 5.56. The Labute approximate surface area is 198 Å². The Kier molecular flexibility index (Phi) is 9.73. The number of carbonyl (C=O) groups is 5. The van der Waals surface area contributed by atoms with Crippen LogP contribution in [0.5, 0.6) is 0 Å². The third kappa shape index (κ3) is 7.38. The van der Waals surface area contributed by atoms with Gasteiger partial charge >= 0.3 is 23.9 Å². The maximum absolute atomic E-state index is 12.9. The molecule has 186 valence electrons. The first-order chi connectivity index (χ1) is 16.0. The fraction of sp³-hybridized carbons (Fsp3) is 0.542. The summed E-state index contributed by atoms with van der Waals surface area (Å²) in [7, 11) is 0. The fourth-order valence-electron chi connectivity index (χ4n) is 3.15. The molecule has 1 aliphatic rings. The Bertz CT molecular complexity index is 901. The van der Waals surface area contributed by atoms with Crippen molar-refractivity contribution in [1.82, 2.24) is 0 Å². The summed E-state index contributed by atoms with van der Waals surface area (Å²) >= 11 is 0. The van der Waals surface area contributed by atoms with Crippen LogP contribution in [0.25, 0.3) is 0 Å². The van der Waals surface area contributed by atoms with E-state index in [1.165, 1.54) is 13.8 Å². The molecule has 6 atom stereocenters. The molecule has 34 heavy (non-hydrogen) atoms. The first-order valence-corrected chi connectivity index (χ1v) is 11.2. The van der Waals surface area contributed by atoms with Crippen molar-refractivity contribution in [2.45, 2.75) is 77.4 Å². The van der Waals surface area contributed by atoms with Gasteiger partial charge in [0, 0.05) is 12.3 Å². The summed E-state index contributed by atoms with van der Waals surface area (Å²) in [4.78, 5) is 63.1. The molecule has 0 aromatic heterocycles. The summed E-state index contributed by atoms with van der Waals surface area (Å²) in [5, 5.41) is 0. The van der Waals surface area contributed by atoms with E-state index in [-0.39, 0.29) is 6.42 Å². The van der Waals surface area contributed by atoms with E-state index < -0.39 is 72.5 Å². The van der Waals surface area contributed by atoms with E-state index in [1.54, 1.807) is 44.2 Å². The lowest BCUT2D eigenvalue weighted by molar-refractivity contribution is -0.178. The fourth-order valence-corrected chi connectivity index (χ4v) is 3.15. The highest BCUT2D eigenvalue weighted by molar-refractivity contribution is 5.99. The molecule has 0 spiro atoms. The molecule has 1 aromatic carbocycles. The van der Waals surface area contributed by atoms with Gasteiger partial charge in [-0.3, -0.25) is 14.4 Å². The Hall–Kier alpha value is -3.27. The summed E-state index contributed by atoms with van der Waals surface area (Å²) in [5.41, 5.74) is 6.52. The molecule has 0 saturated carbocycles. The number of hydrogen-bond acceptors (Lipinski definition) is 10. The zero-order chi connectivity index (χ0) is 25.4. The second kappa shape index (κ2) is 12.3. The summed E-state index contributed by atoms with van der Waals surface area (Å²) in [6.45, 7) is 6.10. The minimum atomic E-state index is -1.40. The number of ether oxygens (including phenoxy) is 4. The van der Waals surface area contributed by atoms with Gasteiger partial charge in [-0.15, -0.1) is 0 Å². The quantitative estimate of drug-likeness (QED) is 0.382. The molecule has 2 N–H and O–H groups in total. The molecule has 1 aromatic rings. The number of nitrogens with two attached hydrogens (primary N) is 1. The molecule has 10 heteroatoms. The Morgan fingerprint density at radius 3 is 2.18 bits per heavy atom. The zero-order valence-corrected chi connectivity index (χ0v) is 19.7. The van der Waals surface area contributed by atoms with Gasteiger partial charge in [-0.25, -0.2) is 9.59 Å². The molecular weight excluding hydrogens is 446 g/mol. The SMILES string of the molecule is CC[C@H](C)[C@@H]1OC(=O)CC(=O)C(Cc2ccccc2)OC(=O)[C@H](C)OC(=O)[C@@H](N)[C@@H](C)OC1=O. The second-order valence-corrected chi connectivity index (χ2v) is 8.30. The molecule has 1 saturated heterocycles. The van der Waals surface area contributed by atoms with Crippen LogP contribution in [0.1, 0.15) is 46.1 Å². The van der Waals surface area contributed by atoms with Crippen LogP contribution in [-0.4, -0.2) is 60.1 Å². The molecule has 0 amide bonds. The second-order valence-electron chi connectivity index (χ2n) is 8.30. The highest BCUT2D eigenvalue weighted by atomic mass is 16.6. The van der Waals surface area contributed by atoms with Crippen LogP contribution in [0.2, 0.25) is 0 Å². The first-order valence-electron chi connectivity index (χ1n) is 11.2. The van der Waals surface area contributed by atoms with E-state index >= 15 is 0 Å². The molecule has 0 radical (unpaired) electrons. The van der Waals surface area contributed by atoms with E-state index in [2.05, 4.69) is 0 Å². The normalized spacial score (nSPS) is 28.5. The molecular formula is C24H31NO9. The number of Topliss-reactive ketones (excluding diaryl/α,β-unsaturated/α-hetero) is 1. The van der Waals surface area contributed by atoms with Crippen LogP contribution in [0.15, 0.2) is 30.3 Å². The van der Waals surface area contributed by atoms with Crippen LogP contribution in [0, 0.1) is 5.92 Å². The Morgan fingerprint density at radius 2 is 1.56 bits per heavy atom. The van der Waals surface area contributed by atoms with Crippen LogP contribution < -0.4 is 5.73 Å². The van der Waals surface area contributed by atoms with Crippen molar-refractivity contribution in [3.63, 3.8) is 0 Å². The van der Waals surface area contributed by atoms with Gasteiger partial charge in [0.25, 0.3) is 0 Å². The smallest absolute Gasteiger partial charge is 0.348 e. The number of carbonyl (C=O) groups excluding carboxylic acids is 5. The van der Waals surface area contributed by atoms with Crippen molar-refractivity contribution in [2.24, 2.45) is 11.7 Å². The van der Waals surface area contributed by atoms with Crippen molar-refractivity contribution < 1.29 is 42.9 Å². The standard InChI is InChI=1S/C24H31NO9/c1-5-13(2)21-24(30)31-14(3)20(25)23(29)32-15(4)22(28)33-18(17(26)12-19(27)34-21)11-16-9-7-6-8-10-16/h6-10,13-15,18,20-21H,5,11-12,25H2,1-4H3/t13-,14+,15-,18?,20-,21-/m0/s1. The van der Waals surface area contributed by atoms with Crippen LogP contribution >= 0.6 is 0 Å². The molecule has 1 unspecified atom stereocenters. The average Bonchev–Trinajstić information content (AvgIpc) is 2.80. The maximum atomic E-state index is 12.9. The summed E-state index contributed by atoms with van der Waals surface area (Å²) in [5.74, 6) is -5.01. The van der Waals surface area contributed by atoms with Crippen molar-refractivity contribution in [3.8, 4) is 0 Å². The lowest BCUT2D eigenvalue weighted by atomic mass is 10.0. The van der Waals surface area contributed by atoms with Crippen LogP contribution in [0.3, 0.4) is 0 Å². The predicted molar refractivity (Wildman–Crippen MR) is 118 cm³/mol. The van der Waals surface area contributed by atoms with Crippen molar-refractivity contribution in [2.75, 3.05) is 0 Å². The minimum Gasteiger partial charge on any atom is -0.458 e. The molecule has 1 heterocycles. The minimum absolute atomic E-state index is 0.00720.